The van der Waals surface area contributed by atoms with Crippen molar-refractivity contribution < 1.29 is 14.9 Å². The van der Waals surface area contributed by atoms with Crippen LogP contribution < -0.4 is 10.6 Å². The van der Waals surface area contributed by atoms with E-state index >= 15 is 0 Å². The van der Waals surface area contributed by atoms with Crippen LogP contribution in [0.1, 0.15) is 19.8 Å². The van der Waals surface area contributed by atoms with E-state index in [1.165, 1.54) is 7.11 Å². The van der Waals surface area contributed by atoms with Crippen LogP contribution >= 0.6 is 0 Å². The van der Waals surface area contributed by atoms with Crippen molar-refractivity contribution in [2.45, 2.75) is 38.3 Å². The van der Waals surface area contributed by atoms with Gasteiger partial charge in [0.05, 0.1) is 0 Å². The first-order chi connectivity index (χ1) is 6.65. The molecule has 0 bridgehead atoms. The Morgan fingerprint density at radius 1 is 1.36 bits per heavy atom. The monoisotopic (exact) mass is 206 g/mol. The Morgan fingerprint density at radius 2 is 2.00 bits per heavy atom. The third kappa shape index (κ3) is 5.51. The third-order valence-corrected chi connectivity index (χ3v) is 2.13. The van der Waals surface area contributed by atoms with Crippen molar-refractivity contribution in [3.05, 3.63) is 0 Å². The smallest absolute Gasteiger partial charge is 0.166 e. The van der Waals surface area contributed by atoms with Crippen molar-refractivity contribution in [3.63, 3.8) is 0 Å². The molecule has 0 rings (SSSR count). The van der Waals surface area contributed by atoms with E-state index in [4.69, 9.17) is 5.11 Å². The molecule has 0 aromatic rings. The fourth-order valence-corrected chi connectivity index (χ4v) is 1.22. The molecule has 3 unspecified atom stereocenters. The molecular formula is C9H22N2O3. The molecule has 0 heterocycles. The fourth-order valence-electron chi connectivity index (χ4n) is 1.22. The van der Waals surface area contributed by atoms with Crippen molar-refractivity contribution in [2.24, 2.45) is 0 Å². The molecule has 4 N–H and O–H groups in total. The van der Waals surface area contributed by atoms with E-state index in [-0.39, 0.29) is 12.6 Å². The maximum atomic E-state index is 9.64. The van der Waals surface area contributed by atoms with Crippen molar-refractivity contribution in [2.75, 3.05) is 20.7 Å². The lowest BCUT2D eigenvalue weighted by atomic mass is 10.1. The lowest BCUT2D eigenvalue weighted by Crippen LogP contribution is -2.48. The summed E-state index contributed by atoms with van der Waals surface area (Å²) in [5.74, 6) is 0. The van der Waals surface area contributed by atoms with Gasteiger partial charge in [-0.05, 0) is 13.5 Å². The van der Waals surface area contributed by atoms with Crippen LogP contribution in [-0.2, 0) is 4.74 Å². The van der Waals surface area contributed by atoms with Crippen molar-refractivity contribution in [1.82, 2.24) is 10.6 Å². The fraction of sp³-hybridized carbons (Fsp3) is 1.00. The van der Waals surface area contributed by atoms with Gasteiger partial charge in [-0.1, -0.05) is 13.3 Å². The van der Waals surface area contributed by atoms with Gasteiger partial charge in [0.1, 0.15) is 6.23 Å². The lowest BCUT2D eigenvalue weighted by molar-refractivity contribution is -0.0792. The largest absolute Gasteiger partial charge is 0.377 e. The van der Waals surface area contributed by atoms with Crippen LogP contribution in [0.2, 0.25) is 0 Å². The van der Waals surface area contributed by atoms with E-state index in [1.807, 2.05) is 0 Å². The molecule has 0 aliphatic heterocycles. The van der Waals surface area contributed by atoms with Gasteiger partial charge in [0.25, 0.3) is 0 Å². The first kappa shape index (κ1) is 13.8. The number of rotatable bonds is 8. The Morgan fingerprint density at radius 3 is 2.43 bits per heavy atom. The van der Waals surface area contributed by atoms with Crippen LogP contribution in [-0.4, -0.2) is 49.5 Å². The maximum Gasteiger partial charge on any atom is 0.166 e. The SMILES string of the molecule is CCCC(NC)C(O)NCC(O)OC. The zero-order valence-electron chi connectivity index (χ0n) is 9.16. The highest BCUT2D eigenvalue weighted by Gasteiger charge is 2.16. The summed E-state index contributed by atoms with van der Waals surface area (Å²) in [5, 5.41) is 24.5. The molecule has 0 spiro atoms. The van der Waals surface area contributed by atoms with Crippen LogP contribution in [0.25, 0.3) is 0 Å². The normalized spacial score (nSPS) is 17.8. The number of methoxy groups -OCH3 is 1. The predicted octanol–water partition coefficient (Wildman–Crippen LogP) is -0.753. The van der Waals surface area contributed by atoms with Gasteiger partial charge < -0.3 is 20.3 Å². The quantitative estimate of drug-likeness (QED) is 0.393. The van der Waals surface area contributed by atoms with Crippen LogP contribution in [0.15, 0.2) is 0 Å². The Hall–Kier alpha value is -0.200. The molecule has 0 aliphatic rings. The molecule has 0 aromatic heterocycles. The summed E-state index contributed by atoms with van der Waals surface area (Å²) in [6, 6.07) is 0.00376. The van der Waals surface area contributed by atoms with Gasteiger partial charge in [0.2, 0.25) is 0 Å². The van der Waals surface area contributed by atoms with E-state index in [0.29, 0.717) is 0 Å². The lowest BCUT2D eigenvalue weighted by Gasteiger charge is -2.23. The number of aliphatic hydroxyl groups excluding tert-OH is 2. The standard InChI is InChI=1S/C9H22N2O3/c1-4-5-7(10-2)9(13)11-6-8(12)14-3/h7-13H,4-6H2,1-3H3. The minimum atomic E-state index is -0.871. The topological polar surface area (TPSA) is 73.8 Å². The van der Waals surface area contributed by atoms with Gasteiger partial charge in [-0.2, -0.15) is 0 Å². The van der Waals surface area contributed by atoms with E-state index < -0.39 is 12.5 Å². The average molecular weight is 206 g/mol. The van der Waals surface area contributed by atoms with Crippen molar-refractivity contribution >= 4 is 0 Å². The Balaban J connectivity index is 3.73. The van der Waals surface area contributed by atoms with E-state index in [0.717, 1.165) is 12.8 Å². The molecular weight excluding hydrogens is 184 g/mol. The number of ether oxygens (including phenoxy) is 1. The van der Waals surface area contributed by atoms with Gasteiger partial charge >= 0.3 is 0 Å². The first-order valence-corrected chi connectivity index (χ1v) is 4.95. The van der Waals surface area contributed by atoms with E-state index in [2.05, 4.69) is 22.3 Å². The summed E-state index contributed by atoms with van der Waals surface area (Å²) in [4.78, 5) is 0. The summed E-state index contributed by atoms with van der Waals surface area (Å²) in [5.41, 5.74) is 0. The second kappa shape index (κ2) is 8.14. The number of hydrogen-bond donors (Lipinski definition) is 4. The number of likely N-dealkylation sites (N-methyl/N-ethyl adjacent to an activating group) is 1. The Kier molecular flexibility index (Phi) is 8.02. The Labute approximate surface area is 85.5 Å². The van der Waals surface area contributed by atoms with Gasteiger partial charge in [-0.3, -0.25) is 5.32 Å². The highest BCUT2D eigenvalue weighted by atomic mass is 16.6. The molecule has 0 saturated carbocycles. The molecule has 0 amide bonds. The highest BCUT2D eigenvalue weighted by molar-refractivity contribution is 4.72. The molecule has 86 valence electrons. The summed E-state index contributed by atoms with van der Waals surface area (Å²) in [7, 11) is 3.22. The first-order valence-electron chi connectivity index (χ1n) is 4.95. The minimum Gasteiger partial charge on any atom is -0.377 e. The molecule has 0 aliphatic carbocycles. The summed E-state index contributed by atoms with van der Waals surface area (Å²) in [6.07, 6.45) is 0.346. The summed E-state index contributed by atoms with van der Waals surface area (Å²) >= 11 is 0. The zero-order chi connectivity index (χ0) is 11.0. The third-order valence-electron chi connectivity index (χ3n) is 2.13. The van der Waals surface area contributed by atoms with Gasteiger partial charge in [-0.15, -0.1) is 0 Å². The second-order valence-electron chi connectivity index (χ2n) is 3.23. The van der Waals surface area contributed by atoms with Crippen LogP contribution in [0.4, 0.5) is 0 Å². The number of aliphatic hydroxyl groups is 2. The maximum absolute atomic E-state index is 9.64. The highest BCUT2D eigenvalue weighted by Crippen LogP contribution is 1.99. The molecule has 0 radical (unpaired) electrons. The molecule has 3 atom stereocenters. The molecule has 0 saturated heterocycles. The summed E-state index contributed by atoms with van der Waals surface area (Å²) in [6.45, 7) is 2.28. The van der Waals surface area contributed by atoms with Gasteiger partial charge in [0.15, 0.2) is 6.29 Å². The molecule has 0 aromatic carbocycles. The predicted molar refractivity (Wildman–Crippen MR) is 54.8 cm³/mol. The van der Waals surface area contributed by atoms with Crippen molar-refractivity contribution in [3.8, 4) is 0 Å². The van der Waals surface area contributed by atoms with Crippen LogP contribution in [0.5, 0.6) is 0 Å². The van der Waals surface area contributed by atoms with Crippen LogP contribution in [0, 0.1) is 0 Å². The average Bonchev–Trinajstić information content (AvgIpc) is 2.21. The van der Waals surface area contributed by atoms with Crippen molar-refractivity contribution in [1.29, 1.82) is 0 Å². The zero-order valence-corrected chi connectivity index (χ0v) is 9.16. The minimum absolute atomic E-state index is 0.00376. The second-order valence-corrected chi connectivity index (χ2v) is 3.23. The van der Waals surface area contributed by atoms with Crippen LogP contribution in [0.3, 0.4) is 0 Å². The van der Waals surface area contributed by atoms with Gasteiger partial charge in [0, 0.05) is 19.7 Å². The van der Waals surface area contributed by atoms with Gasteiger partial charge in [-0.25, -0.2) is 0 Å². The number of nitrogens with one attached hydrogen (secondary N) is 2. The van der Waals surface area contributed by atoms with E-state index in [9.17, 15) is 5.11 Å². The molecule has 14 heavy (non-hydrogen) atoms. The Bertz CT molecular complexity index is 135. The molecule has 5 heteroatoms. The molecule has 5 nitrogen and oxygen atoms in total. The number of hydrogen-bond acceptors (Lipinski definition) is 5. The molecule has 0 fully saturated rings. The summed E-state index contributed by atoms with van der Waals surface area (Å²) < 4.78 is 4.64. The van der Waals surface area contributed by atoms with E-state index in [1.54, 1.807) is 7.05 Å².